The first-order chi connectivity index (χ1) is 15.8. The highest BCUT2D eigenvalue weighted by Gasteiger charge is 2.24. The normalized spacial score (nSPS) is 17.4. The number of hydrogen-bond donors (Lipinski definition) is 0. The van der Waals surface area contributed by atoms with E-state index in [4.69, 9.17) is 4.98 Å². The summed E-state index contributed by atoms with van der Waals surface area (Å²) >= 11 is 0. The molecule has 4 aromatic rings. The van der Waals surface area contributed by atoms with Crippen LogP contribution in [0.1, 0.15) is 37.2 Å². The number of pyridine rings is 1. The Hall–Kier alpha value is -3.26. The summed E-state index contributed by atoms with van der Waals surface area (Å²) in [4.78, 5) is 27.4. The average molecular weight is 446 g/mol. The van der Waals surface area contributed by atoms with Gasteiger partial charge < -0.3 is 4.90 Å². The van der Waals surface area contributed by atoms with Gasteiger partial charge in [0.1, 0.15) is 11.3 Å². The summed E-state index contributed by atoms with van der Waals surface area (Å²) in [6, 6.07) is 6.16. The number of aromatic nitrogens is 5. The van der Waals surface area contributed by atoms with Crippen molar-refractivity contribution in [3.63, 3.8) is 0 Å². The van der Waals surface area contributed by atoms with E-state index in [2.05, 4.69) is 39.8 Å². The molecule has 0 unspecified atom stereocenters. The molecule has 1 fully saturated rings. The number of anilines is 1. The fraction of sp³-hybridized carbons (Fsp3) is 0.440. The number of hydrogen-bond acceptors (Lipinski definition) is 6. The lowest BCUT2D eigenvalue weighted by Crippen LogP contribution is -2.52. The first-order valence-electron chi connectivity index (χ1n) is 11.7. The van der Waals surface area contributed by atoms with Gasteiger partial charge in [-0.1, -0.05) is 6.92 Å². The molecule has 8 nitrogen and oxygen atoms in total. The van der Waals surface area contributed by atoms with E-state index < -0.39 is 0 Å². The van der Waals surface area contributed by atoms with Crippen molar-refractivity contribution in [3.05, 3.63) is 57.9 Å². The maximum Gasteiger partial charge on any atom is 0.258 e. The lowest BCUT2D eigenvalue weighted by Gasteiger charge is -2.41. The molecule has 1 aliphatic rings. The fourth-order valence-electron chi connectivity index (χ4n) is 4.92. The Labute approximate surface area is 193 Å². The maximum absolute atomic E-state index is 13.1. The molecule has 33 heavy (non-hydrogen) atoms. The van der Waals surface area contributed by atoms with Crippen LogP contribution in [-0.2, 0) is 0 Å². The zero-order valence-corrected chi connectivity index (χ0v) is 20.0. The van der Waals surface area contributed by atoms with E-state index >= 15 is 0 Å². The van der Waals surface area contributed by atoms with Crippen molar-refractivity contribution in [2.75, 3.05) is 31.1 Å². The zero-order valence-electron chi connectivity index (χ0n) is 20.0. The summed E-state index contributed by atoms with van der Waals surface area (Å²) in [7, 11) is 0. The topological polar surface area (TPSA) is 71.0 Å². The fourth-order valence-corrected chi connectivity index (χ4v) is 4.92. The van der Waals surface area contributed by atoms with Crippen LogP contribution in [0.15, 0.2) is 35.4 Å². The molecule has 0 radical (unpaired) electrons. The highest BCUT2D eigenvalue weighted by Crippen LogP contribution is 2.24. The molecule has 172 valence electrons. The van der Waals surface area contributed by atoms with Gasteiger partial charge >= 0.3 is 0 Å². The van der Waals surface area contributed by atoms with E-state index in [1.54, 1.807) is 10.5 Å². The van der Waals surface area contributed by atoms with Crippen LogP contribution >= 0.6 is 0 Å². The van der Waals surface area contributed by atoms with E-state index in [1.807, 2.05) is 43.7 Å². The molecule has 0 N–H and O–H groups in total. The van der Waals surface area contributed by atoms with Gasteiger partial charge in [0.25, 0.3) is 5.56 Å². The van der Waals surface area contributed by atoms with Gasteiger partial charge in [-0.2, -0.15) is 5.10 Å². The van der Waals surface area contributed by atoms with Crippen LogP contribution in [0, 0.1) is 20.8 Å². The molecule has 4 aromatic heterocycles. The van der Waals surface area contributed by atoms with Crippen LogP contribution in [-0.4, -0.2) is 61.1 Å². The first-order valence-corrected chi connectivity index (χ1v) is 11.7. The minimum atomic E-state index is -0.0966. The third-order valence-corrected chi connectivity index (χ3v) is 6.59. The van der Waals surface area contributed by atoms with Gasteiger partial charge in [0.05, 0.1) is 34.5 Å². The molecule has 0 amide bonds. The van der Waals surface area contributed by atoms with E-state index in [9.17, 15) is 4.79 Å². The van der Waals surface area contributed by atoms with Crippen LogP contribution in [0.3, 0.4) is 0 Å². The lowest BCUT2D eigenvalue weighted by molar-refractivity contribution is 0.190. The van der Waals surface area contributed by atoms with Crippen molar-refractivity contribution in [1.29, 1.82) is 0 Å². The largest absolute Gasteiger partial charge is 0.367 e. The smallest absolute Gasteiger partial charge is 0.258 e. The second kappa shape index (κ2) is 8.26. The van der Waals surface area contributed by atoms with Gasteiger partial charge in [-0.05, 0) is 58.4 Å². The van der Waals surface area contributed by atoms with Gasteiger partial charge in [0.15, 0.2) is 0 Å². The number of aryl methyl sites for hydroxylation is 3. The molecular formula is C25H31N7O. The minimum absolute atomic E-state index is 0.0966. The molecule has 0 spiro atoms. The van der Waals surface area contributed by atoms with Crippen molar-refractivity contribution in [2.45, 2.75) is 47.1 Å². The predicted molar refractivity (Wildman–Crippen MR) is 131 cm³/mol. The number of rotatable bonds is 4. The van der Waals surface area contributed by atoms with E-state index in [0.717, 1.165) is 54.3 Å². The molecule has 0 aliphatic carbocycles. The Bertz CT molecular complexity index is 1400. The van der Waals surface area contributed by atoms with Gasteiger partial charge in [0.2, 0.25) is 0 Å². The summed E-state index contributed by atoms with van der Waals surface area (Å²) in [6.07, 6.45) is 4.99. The van der Waals surface area contributed by atoms with Crippen molar-refractivity contribution in [3.8, 4) is 11.4 Å². The van der Waals surface area contributed by atoms with Crippen LogP contribution in [0.2, 0.25) is 0 Å². The van der Waals surface area contributed by atoms with E-state index in [-0.39, 0.29) is 5.56 Å². The first kappa shape index (κ1) is 21.6. The van der Waals surface area contributed by atoms with Gasteiger partial charge in [0, 0.05) is 37.9 Å². The van der Waals surface area contributed by atoms with Gasteiger partial charge in [-0.15, -0.1) is 0 Å². The standard InChI is InChI=1S/C25H31N7O/c1-6-7-29-8-9-30(14-18(29)4)20-10-16(2)25-27-21(12-24(33)31(25)15-20)22-11-23-19(5)26-17(3)13-32(23)28-22/h10-13,15,18H,6-9,14H2,1-5H3/t18-/m1/s1. The van der Waals surface area contributed by atoms with Gasteiger partial charge in [-0.25, -0.2) is 9.50 Å². The number of piperazine rings is 1. The van der Waals surface area contributed by atoms with Gasteiger partial charge in [-0.3, -0.25) is 19.1 Å². The third-order valence-electron chi connectivity index (χ3n) is 6.59. The molecule has 5 heterocycles. The highest BCUT2D eigenvalue weighted by atomic mass is 16.1. The Morgan fingerprint density at radius 1 is 1.03 bits per heavy atom. The Morgan fingerprint density at radius 3 is 2.61 bits per heavy atom. The Balaban J connectivity index is 1.53. The SMILES string of the molecule is CCCN1CCN(c2cc(C)c3nc(-c4cc5c(C)nc(C)cn5n4)cc(=O)n3c2)C[C@H]1C. The predicted octanol–water partition coefficient (Wildman–Crippen LogP) is 3.25. The summed E-state index contributed by atoms with van der Waals surface area (Å²) in [6.45, 7) is 14.5. The number of fused-ring (bicyclic) bond motifs is 2. The molecule has 0 bridgehead atoms. The van der Waals surface area contributed by atoms with E-state index in [0.29, 0.717) is 23.1 Å². The third kappa shape index (κ3) is 3.88. The van der Waals surface area contributed by atoms with Crippen LogP contribution < -0.4 is 10.5 Å². The second-order valence-electron chi connectivity index (χ2n) is 9.21. The Kier molecular flexibility index (Phi) is 5.40. The summed E-state index contributed by atoms with van der Waals surface area (Å²) in [5.74, 6) is 0. The van der Waals surface area contributed by atoms with Crippen molar-refractivity contribution < 1.29 is 0 Å². The highest BCUT2D eigenvalue weighted by molar-refractivity contribution is 5.67. The molecule has 1 atom stereocenters. The minimum Gasteiger partial charge on any atom is -0.367 e. The zero-order chi connectivity index (χ0) is 23.3. The Morgan fingerprint density at radius 2 is 1.85 bits per heavy atom. The average Bonchev–Trinajstić information content (AvgIpc) is 3.20. The maximum atomic E-state index is 13.1. The van der Waals surface area contributed by atoms with Crippen LogP contribution in [0.25, 0.3) is 22.6 Å². The van der Waals surface area contributed by atoms with Crippen LogP contribution in [0.4, 0.5) is 5.69 Å². The van der Waals surface area contributed by atoms with Crippen molar-refractivity contribution in [2.24, 2.45) is 0 Å². The summed E-state index contributed by atoms with van der Waals surface area (Å²) in [5, 5.41) is 4.66. The quantitative estimate of drug-likeness (QED) is 0.480. The summed E-state index contributed by atoms with van der Waals surface area (Å²) < 4.78 is 3.48. The lowest BCUT2D eigenvalue weighted by atomic mass is 10.1. The molecule has 5 rings (SSSR count). The second-order valence-corrected chi connectivity index (χ2v) is 9.21. The molecule has 1 saturated heterocycles. The molecule has 8 heteroatoms. The molecule has 0 saturated carbocycles. The number of nitrogens with zero attached hydrogens (tertiary/aromatic N) is 7. The van der Waals surface area contributed by atoms with Crippen molar-refractivity contribution in [1.82, 2.24) is 28.9 Å². The monoisotopic (exact) mass is 445 g/mol. The summed E-state index contributed by atoms with van der Waals surface area (Å²) in [5.41, 5.74) is 6.60. The van der Waals surface area contributed by atoms with Crippen molar-refractivity contribution >= 4 is 16.9 Å². The molecule has 0 aromatic carbocycles. The molecule has 1 aliphatic heterocycles. The van der Waals surface area contributed by atoms with Crippen LogP contribution in [0.5, 0.6) is 0 Å². The van der Waals surface area contributed by atoms with E-state index in [1.165, 1.54) is 6.42 Å². The molecular weight excluding hydrogens is 414 g/mol.